The summed E-state index contributed by atoms with van der Waals surface area (Å²) in [6.07, 6.45) is 1.66. The van der Waals surface area contributed by atoms with Gasteiger partial charge in [0.05, 0.1) is 27.5 Å². The third kappa shape index (κ3) is 5.53. The first-order chi connectivity index (χ1) is 15.5. The molecule has 0 radical (unpaired) electrons. The third-order valence-electron chi connectivity index (χ3n) is 4.47. The fourth-order valence-electron chi connectivity index (χ4n) is 2.76. The van der Waals surface area contributed by atoms with Crippen LogP contribution in [0.1, 0.15) is 21.5 Å². The maximum atomic E-state index is 12.2. The summed E-state index contributed by atoms with van der Waals surface area (Å²) in [5, 5.41) is 7.59. The number of hydrazone groups is 1. The summed E-state index contributed by atoms with van der Waals surface area (Å²) in [4.78, 5) is 16.8. The van der Waals surface area contributed by atoms with Crippen molar-refractivity contribution in [1.82, 2.24) is 4.98 Å². The number of anilines is 1. The number of benzene rings is 3. The topological polar surface area (TPSA) is 63.6 Å². The molecule has 4 rings (SSSR count). The fraction of sp³-hybridized carbons (Fsp3) is 0.0417. The molecule has 1 N–H and O–H groups in total. The van der Waals surface area contributed by atoms with E-state index in [-0.39, 0.29) is 0 Å². The Morgan fingerprint density at radius 1 is 1.03 bits per heavy atom. The number of hydrogen-bond acceptors (Lipinski definition) is 6. The smallest absolute Gasteiger partial charge is 0.343 e. The van der Waals surface area contributed by atoms with Crippen molar-refractivity contribution in [2.24, 2.45) is 5.10 Å². The lowest BCUT2D eigenvalue weighted by atomic mass is 10.1. The highest BCUT2D eigenvalue weighted by atomic mass is 35.5. The molecule has 0 bridgehead atoms. The summed E-state index contributed by atoms with van der Waals surface area (Å²) in [7, 11) is 0. The minimum absolute atomic E-state index is 0.298. The van der Waals surface area contributed by atoms with E-state index in [9.17, 15) is 4.79 Å². The minimum Gasteiger partial charge on any atom is -0.423 e. The Labute approximate surface area is 199 Å². The molecule has 8 heteroatoms. The van der Waals surface area contributed by atoms with Crippen LogP contribution in [0, 0.1) is 6.92 Å². The molecule has 1 heterocycles. The van der Waals surface area contributed by atoms with Crippen molar-refractivity contribution < 1.29 is 9.53 Å². The lowest BCUT2D eigenvalue weighted by Gasteiger charge is -2.05. The van der Waals surface area contributed by atoms with Crippen LogP contribution in [0.5, 0.6) is 5.75 Å². The van der Waals surface area contributed by atoms with Crippen LogP contribution in [0.2, 0.25) is 10.0 Å². The molecule has 0 fully saturated rings. The van der Waals surface area contributed by atoms with Gasteiger partial charge in [0.1, 0.15) is 5.75 Å². The van der Waals surface area contributed by atoms with Crippen molar-refractivity contribution in [2.45, 2.75) is 6.92 Å². The molecule has 0 aliphatic carbocycles. The highest BCUT2D eigenvalue weighted by Crippen LogP contribution is 2.25. The van der Waals surface area contributed by atoms with Crippen LogP contribution in [0.4, 0.5) is 5.13 Å². The Morgan fingerprint density at radius 2 is 1.78 bits per heavy atom. The lowest BCUT2D eigenvalue weighted by Crippen LogP contribution is -2.08. The average Bonchev–Trinajstić information content (AvgIpc) is 3.26. The van der Waals surface area contributed by atoms with Gasteiger partial charge in [-0.1, -0.05) is 53.0 Å². The molecule has 0 aliphatic rings. The molecule has 3 aromatic carbocycles. The van der Waals surface area contributed by atoms with E-state index in [1.54, 1.807) is 42.6 Å². The first kappa shape index (κ1) is 22.0. The first-order valence-electron chi connectivity index (χ1n) is 9.57. The number of hydrogen-bond donors (Lipinski definition) is 1. The fourth-order valence-corrected chi connectivity index (χ4v) is 3.72. The highest BCUT2D eigenvalue weighted by molar-refractivity contribution is 7.14. The number of nitrogens with one attached hydrogen (secondary N) is 1. The summed E-state index contributed by atoms with van der Waals surface area (Å²) in [5.41, 5.74) is 7.28. The van der Waals surface area contributed by atoms with Gasteiger partial charge in [0.15, 0.2) is 0 Å². The number of nitrogens with zero attached hydrogens (tertiary/aromatic N) is 2. The zero-order valence-corrected chi connectivity index (χ0v) is 19.2. The standard InChI is InChI=1S/C24H17Cl2N3O2S/c1-15-2-6-17(7-3-15)22-14-32-24(28-22)29-27-13-16-4-9-19(10-5-16)31-23(30)18-8-11-20(25)21(26)12-18/h2-14H,1H3,(H,28,29)/b27-13+. The second-order valence-electron chi connectivity index (χ2n) is 6.86. The molecule has 32 heavy (non-hydrogen) atoms. The van der Waals surface area contributed by atoms with Gasteiger partial charge in [0, 0.05) is 10.9 Å². The second kappa shape index (κ2) is 9.96. The molecule has 0 saturated heterocycles. The Kier molecular flexibility index (Phi) is 6.85. The monoisotopic (exact) mass is 481 g/mol. The number of aromatic nitrogens is 1. The van der Waals surface area contributed by atoms with Gasteiger partial charge in [-0.3, -0.25) is 5.43 Å². The molecule has 0 aliphatic heterocycles. The van der Waals surface area contributed by atoms with Crippen LogP contribution in [0.15, 0.2) is 77.2 Å². The number of aryl methyl sites for hydroxylation is 1. The van der Waals surface area contributed by atoms with Gasteiger partial charge >= 0.3 is 5.97 Å². The maximum absolute atomic E-state index is 12.2. The zero-order valence-electron chi connectivity index (χ0n) is 16.9. The normalized spacial score (nSPS) is 11.0. The molecule has 4 aromatic rings. The van der Waals surface area contributed by atoms with Crippen molar-refractivity contribution in [3.63, 3.8) is 0 Å². The Bertz CT molecular complexity index is 1270. The molecule has 5 nitrogen and oxygen atoms in total. The largest absolute Gasteiger partial charge is 0.423 e. The minimum atomic E-state index is -0.514. The first-order valence-corrected chi connectivity index (χ1v) is 11.2. The zero-order chi connectivity index (χ0) is 22.5. The summed E-state index contributed by atoms with van der Waals surface area (Å²) < 4.78 is 5.37. The molecule has 0 amide bonds. The van der Waals surface area contributed by atoms with Crippen molar-refractivity contribution >= 4 is 51.9 Å². The van der Waals surface area contributed by atoms with Gasteiger partial charge in [-0.25, -0.2) is 9.78 Å². The van der Waals surface area contributed by atoms with Gasteiger partial charge in [0.25, 0.3) is 0 Å². The van der Waals surface area contributed by atoms with E-state index in [1.807, 2.05) is 17.5 Å². The Morgan fingerprint density at radius 3 is 2.50 bits per heavy atom. The summed E-state index contributed by atoms with van der Waals surface area (Å²) >= 11 is 13.3. The van der Waals surface area contributed by atoms with Crippen LogP contribution < -0.4 is 10.2 Å². The summed E-state index contributed by atoms with van der Waals surface area (Å²) in [6.45, 7) is 2.05. The predicted octanol–water partition coefficient (Wildman–Crippen LogP) is 7.09. The Balaban J connectivity index is 1.34. The van der Waals surface area contributed by atoms with E-state index in [0.717, 1.165) is 16.8 Å². The molecule has 1 aromatic heterocycles. The molecule has 0 unspecified atom stereocenters. The maximum Gasteiger partial charge on any atom is 0.343 e. The van der Waals surface area contributed by atoms with E-state index in [2.05, 4.69) is 34.6 Å². The van der Waals surface area contributed by atoms with Crippen LogP contribution in [0.25, 0.3) is 11.3 Å². The lowest BCUT2D eigenvalue weighted by molar-refractivity contribution is 0.0735. The number of esters is 1. The molecule has 160 valence electrons. The predicted molar refractivity (Wildman–Crippen MR) is 131 cm³/mol. The van der Waals surface area contributed by atoms with Gasteiger partial charge in [-0.05, 0) is 55.0 Å². The molecule has 0 saturated carbocycles. The SMILES string of the molecule is Cc1ccc(-c2csc(N/N=C/c3ccc(OC(=O)c4ccc(Cl)c(Cl)c4)cc3)n2)cc1. The van der Waals surface area contributed by atoms with Crippen LogP contribution >= 0.6 is 34.5 Å². The van der Waals surface area contributed by atoms with Gasteiger partial charge in [-0.2, -0.15) is 5.10 Å². The van der Waals surface area contributed by atoms with Crippen molar-refractivity contribution in [3.8, 4) is 17.0 Å². The van der Waals surface area contributed by atoms with Gasteiger partial charge in [0.2, 0.25) is 5.13 Å². The number of rotatable bonds is 6. The van der Waals surface area contributed by atoms with Crippen LogP contribution in [-0.4, -0.2) is 17.2 Å². The molecular weight excluding hydrogens is 465 g/mol. The number of ether oxygens (including phenoxy) is 1. The van der Waals surface area contributed by atoms with Gasteiger partial charge < -0.3 is 4.74 Å². The second-order valence-corrected chi connectivity index (χ2v) is 8.53. The van der Waals surface area contributed by atoms with Crippen LogP contribution in [-0.2, 0) is 0 Å². The summed E-state index contributed by atoms with van der Waals surface area (Å²) in [6, 6.07) is 19.8. The van der Waals surface area contributed by atoms with Crippen molar-refractivity contribution in [3.05, 3.63) is 98.8 Å². The molecular formula is C24H17Cl2N3O2S. The number of halogens is 2. The highest BCUT2D eigenvalue weighted by Gasteiger charge is 2.10. The summed E-state index contributed by atoms with van der Waals surface area (Å²) in [5.74, 6) is -0.103. The van der Waals surface area contributed by atoms with Gasteiger partial charge in [-0.15, -0.1) is 11.3 Å². The third-order valence-corrected chi connectivity index (χ3v) is 5.96. The number of thiazole rings is 1. The number of carbonyl (C=O) groups excluding carboxylic acids is 1. The molecule has 0 atom stereocenters. The molecule has 0 spiro atoms. The number of carbonyl (C=O) groups is 1. The van der Waals surface area contributed by atoms with Crippen molar-refractivity contribution in [1.29, 1.82) is 0 Å². The van der Waals surface area contributed by atoms with E-state index in [1.165, 1.54) is 23.0 Å². The quantitative estimate of drug-likeness (QED) is 0.138. The van der Waals surface area contributed by atoms with Crippen LogP contribution in [0.3, 0.4) is 0 Å². The van der Waals surface area contributed by atoms with E-state index < -0.39 is 5.97 Å². The Hall–Kier alpha value is -3.19. The van der Waals surface area contributed by atoms with E-state index in [0.29, 0.717) is 26.5 Å². The van der Waals surface area contributed by atoms with Crippen molar-refractivity contribution in [2.75, 3.05) is 5.43 Å². The van der Waals surface area contributed by atoms with E-state index >= 15 is 0 Å². The average molecular weight is 482 g/mol. The van der Waals surface area contributed by atoms with E-state index in [4.69, 9.17) is 27.9 Å².